The van der Waals surface area contributed by atoms with E-state index in [1.165, 1.54) is 14.2 Å². The van der Waals surface area contributed by atoms with Crippen LogP contribution >= 0.6 is 0 Å². The summed E-state index contributed by atoms with van der Waals surface area (Å²) in [6.45, 7) is 0. The van der Waals surface area contributed by atoms with Crippen molar-refractivity contribution in [1.29, 1.82) is 0 Å². The van der Waals surface area contributed by atoms with Crippen LogP contribution in [0.2, 0.25) is 0 Å². The van der Waals surface area contributed by atoms with Crippen LogP contribution in [0.15, 0.2) is 24.3 Å². The first-order valence-electron chi connectivity index (χ1n) is 5.52. The lowest BCUT2D eigenvalue weighted by atomic mass is 9.98. The molecule has 5 heteroatoms. The molecule has 0 aromatic heterocycles. The predicted molar refractivity (Wildman–Crippen MR) is 62.4 cm³/mol. The van der Waals surface area contributed by atoms with Crippen molar-refractivity contribution >= 4 is 11.9 Å². The Morgan fingerprint density at radius 1 is 1.33 bits per heavy atom. The van der Waals surface area contributed by atoms with Crippen molar-refractivity contribution in [2.24, 2.45) is 5.41 Å². The summed E-state index contributed by atoms with van der Waals surface area (Å²) in [7, 11) is 2.71. The summed E-state index contributed by atoms with van der Waals surface area (Å²) in [6, 6.07) is 7.11. The van der Waals surface area contributed by atoms with Crippen molar-refractivity contribution in [2.45, 2.75) is 12.3 Å². The van der Waals surface area contributed by atoms with Crippen LogP contribution in [-0.4, -0.2) is 31.3 Å². The van der Waals surface area contributed by atoms with Crippen molar-refractivity contribution in [2.75, 3.05) is 14.2 Å². The maximum absolute atomic E-state index is 11.7. The van der Waals surface area contributed by atoms with E-state index in [0.717, 1.165) is 5.56 Å². The molecule has 0 amide bonds. The molecule has 1 aliphatic rings. The van der Waals surface area contributed by atoms with E-state index in [-0.39, 0.29) is 6.42 Å². The lowest BCUT2D eigenvalue weighted by Gasteiger charge is -2.12. The molecule has 2 rings (SSSR count). The molecule has 0 saturated heterocycles. The average molecular weight is 250 g/mol. The maximum Gasteiger partial charge on any atom is 0.323 e. The third kappa shape index (κ3) is 1.63. The number of para-hydroxylation sites is 1. The Morgan fingerprint density at radius 3 is 2.56 bits per heavy atom. The van der Waals surface area contributed by atoms with Gasteiger partial charge < -0.3 is 14.6 Å². The number of rotatable bonds is 4. The second kappa shape index (κ2) is 4.33. The van der Waals surface area contributed by atoms with E-state index in [0.29, 0.717) is 5.75 Å². The highest BCUT2D eigenvalue weighted by Crippen LogP contribution is 2.61. The number of carboxylic acid groups (broad SMARTS) is 1. The number of esters is 1. The molecule has 1 aromatic carbocycles. The van der Waals surface area contributed by atoms with Gasteiger partial charge in [-0.2, -0.15) is 0 Å². The van der Waals surface area contributed by atoms with Crippen molar-refractivity contribution in [1.82, 2.24) is 0 Å². The van der Waals surface area contributed by atoms with Crippen molar-refractivity contribution in [3.8, 4) is 5.75 Å². The van der Waals surface area contributed by atoms with Crippen LogP contribution in [0.1, 0.15) is 17.9 Å². The van der Waals surface area contributed by atoms with Crippen LogP contribution in [-0.2, 0) is 14.3 Å². The van der Waals surface area contributed by atoms with Crippen molar-refractivity contribution < 1.29 is 24.2 Å². The third-order valence-corrected chi connectivity index (χ3v) is 3.41. The predicted octanol–water partition coefficient (Wildman–Crippen LogP) is 1.43. The normalized spacial score (nSPS) is 25.3. The van der Waals surface area contributed by atoms with Crippen LogP contribution in [0.4, 0.5) is 0 Å². The largest absolute Gasteiger partial charge is 0.496 e. The molecule has 0 bridgehead atoms. The van der Waals surface area contributed by atoms with E-state index in [1.807, 2.05) is 0 Å². The molecule has 0 aliphatic heterocycles. The molecule has 1 fully saturated rings. The van der Waals surface area contributed by atoms with Gasteiger partial charge in [-0.1, -0.05) is 18.2 Å². The number of hydrogen-bond acceptors (Lipinski definition) is 4. The van der Waals surface area contributed by atoms with Gasteiger partial charge in [0.2, 0.25) is 0 Å². The van der Waals surface area contributed by atoms with E-state index in [4.69, 9.17) is 4.74 Å². The minimum atomic E-state index is -1.45. The summed E-state index contributed by atoms with van der Waals surface area (Å²) in [6.07, 6.45) is 0.245. The quantitative estimate of drug-likeness (QED) is 0.646. The summed E-state index contributed by atoms with van der Waals surface area (Å²) < 4.78 is 9.79. The van der Waals surface area contributed by atoms with Gasteiger partial charge in [0.1, 0.15) is 5.75 Å². The molecule has 5 nitrogen and oxygen atoms in total. The maximum atomic E-state index is 11.7. The Kier molecular flexibility index (Phi) is 2.98. The number of carboxylic acids is 1. The van der Waals surface area contributed by atoms with Crippen LogP contribution in [0.5, 0.6) is 5.75 Å². The number of carbonyl (C=O) groups excluding carboxylic acids is 1. The van der Waals surface area contributed by atoms with Crippen LogP contribution in [0.25, 0.3) is 0 Å². The Bertz CT molecular complexity index is 496. The van der Waals surface area contributed by atoms with Gasteiger partial charge in [-0.3, -0.25) is 9.59 Å². The smallest absolute Gasteiger partial charge is 0.323 e. The summed E-state index contributed by atoms with van der Waals surface area (Å²) in [5.74, 6) is -1.65. The van der Waals surface area contributed by atoms with E-state index in [2.05, 4.69) is 4.74 Å². The molecule has 1 aliphatic carbocycles. The third-order valence-electron chi connectivity index (χ3n) is 3.41. The highest BCUT2D eigenvalue weighted by atomic mass is 16.5. The fourth-order valence-electron chi connectivity index (χ4n) is 2.32. The van der Waals surface area contributed by atoms with Gasteiger partial charge >= 0.3 is 11.9 Å². The molecule has 96 valence electrons. The molecule has 2 atom stereocenters. The fourth-order valence-corrected chi connectivity index (χ4v) is 2.32. The lowest BCUT2D eigenvalue weighted by molar-refractivity contribution is -0.159. The van der Waals surface area contributed by atoms with Gasteiger partial charge in [0, 0.05) is 5.92 Å². The molecule has 0 unspecified atom stereocenters. The molecule has 1 N–H and O–H groups in total. The molecule has 1 aromatic rings. The molecule has 18 heavy (non-hydrogen) atoms. The van der Waals surface area contributed by atoms with E-state index < -0.39 is 23.3 Å². The van der Waals surface area contributed by atoms with Crippen LogP contribution in [0, 0.1) is 5.41 Å². The molecular formula is C13H14O5. The first kappa shape index (κ1) is 12.4. The van der Waals surface area contributed by atoms with Crippen LogP contribution in [0.3, 0.4) is 0 Å². The second-order valence-electron chi connectivity index (χ2n) is 4.27. The zero-order valence-corrected chi connectivity index (χ0v) is 10.2. The zero-order chi connectivity index (χ0) is 13.3. The van der Waals surface area contributed by atoms with Gasteiger partial charge in [0.05, 0.1) is 14.2 Å². The lowest BCUT2D eigenvalue weighted by Crippen LogP contribution is -2.28. The summed E-state index contributed by atoms with van der Waals surface area (Å²) in [5.41, 5.74) is -0.726. The van der Waals surface area contributed by atoms with Gasteiger partial charge in [-0.15, -0.1) is 0 Å². The monoisotopic (exact) mass is 250 g/mol. The molecule has 1 saturated carbocycles. The van der Waals surface area contributed by atoms with E-state index in [1.54, 1.807) is 24.3 Å². The minimum Gasteiger partial charge on any atom is -0.496 e. The second-order valence-corrected chi connectivity index (χ2v) is 4.27. The summed E-state index contributed by atoms with van der Waals surface area (Å²) in [4.78, 5) is 23.0. The van der Waals surface area contributed by atoms with E-state index in [9.17, 15) is 14.7 Å². The van der Waals surface area contributed by atoms with Gasteiger partial charge in [-0.05, 0) is 18.1 Å². The van der Waals surface area contributed by atoms with Gasteiger partial charge in [0.25, 0.3) is 0 Å². The fraction of sp³-hybridized carbons (Fsp3) is 0.385. The van der Waals surface area contributed by atoms with Crippen molar-refractivity contribution in [3.05, 3.63) is 29.8 Å². The van der Waals surface area contributed by atoms with Crippen molar-refractivity contribution in [3.63, 3.8) is 0 Å². The topological polar surface area (TPSA) is 72.8 Å². The number of hydrogen-bond donors (Lipinski definition) is 1. The number of aliphatic carboxylic acids is 1. The Hall–Kier alpha value is -2.04. The number of methoxy groups -OCH3 is 2. The highest BCUT2D eigenvalue weighted by molar-refractivity contribution is 6.04. The Balaban J connectivity index is 2.38. The SMILES string of the molecule is COC(=O)[C@@]1(C(=O)O)C[C@@H]1c1ccccc1OC. The summed E-state index contributed by atoms with van der Waals surface area (Å²) >= 11 is 0. The molecule has 0 heterocycles. The molecular weight excluding hydrogens is 236 g/mol. The number of ether oxygens (including phenoxy) is 2. The molecule has 0 spiro atoms. The Labute approximate surface area is 104 Å². The van der Waals surface area contributed by atoms with Gasteiger partial charge in [0.15, 0.2) is 5.41 Å². The first-order chi connectivity index (χ1) is 8.57. The highest BCUT2D eigenvalue weighted by Gasteiger charge is 2.68. The van der Waals surface area contributed by atoms with E-state index >= 15 is 0 Å². The molecule has 0 radical (unpaired) electrons. The first-order valence-corrected chi connectivity index (χ1v) is 5.52. The van der Waals surface area contributed by atoms with Gasteiger partial charge in [-0.25, -0.2) is 0 Å². The number of benzene rings is 1. The minimum absolute atomic E-state index is 0.245. The summed E-state index contributed by atoms with van der Waals surface area (Å²) in [5, 5.41) is 9.26. The standard InChI is InChI=1S/C13H14O5/c1-17-10-6-4-3-5-8(10)9-7-13(9,11(14)15)12(16)18-2/h3-6,9H,7H2,1-2H3,(H,14,15)/t9-,13+/m1/s1. The average Bonchev–Trinajstić information content (AvgIpc) is 3.14. The van der Waals surface area contributed by atoms with Crippen LogP contribution < -0.4 is 4.74 Å². The zero-order valence-electron chi connectivity index (χ0n) is 10.2. The Morgan fingerprint density at radius 2 is 2.00 bits per heavy atom. The number of carbonyl (C=O) groups is 2.